The van der Waals surface area contributed by atoms with Crippen molar-refractivity contribution in [1.82, 2.24) is 5.32 Å². The lowest BCUT2D eigenvalue weighted by Gasteiger charge is -2.20. The third kappa shape index (κ3) is 2.71. The van der Waals surface area contributed by atoms with E-state index < -0.39 is 15.2 Å². The molecule has 0 aliphatic carbocycles. The summed E-state index contributed by atoms with van der Waals surface area (Å²) in [6.07, 6.45) is 0.681. The predicted octanol–water partition coefficient (Wildman–Crippen LogP) is 2.70. The van der Waals surface area contributed by atoms with Crippen molar-refractivity contribution in [2.75, 3.05) is 6.54 Å². The first-order valence-electron chi connectivity index (χ1n) is 6.87. The Morgan fingerprint density at radius 1 is 1.05 bits per heavy atom. The van der Waals surface area contributed by atoms with Gasteiger partial charge in [0, 0.05) is 5.92 Å². The highest BCUT2D eigenvalue weighted by Crippen LogP contribution is 2.33. The highest BCUT2D eigenvalue weighted by atomic mass is 32.2. The van der Waals surface area contributed by atoms with Crippen LogP contribution in [0.5, 0.6) is 0 Å². The van der Waals surface area contributed by atoms with Gasteiger partial charge in [-0.05, 0) is 42.8 Å². The Hall–Kier alpha value is -1.72. The van der Waals surface area contributed by atoms with Crippen molar-refractivity contribution >= 4 is 9.84 Å². The topological polar surface area (TPSA) is 46.2 Å². The van der Waals surface area contributed by atoms with Crippen LogP contribution in [0.25, 0.3) is 0 Å². The van der Waals surface area contributed by atoms with E-state index in [0.29, 0.717) is 17.9 Å². The summed E-state index contributed by atoms with van der Waals surface area (Å²) in [7, 11) is -3.48. The third-order valence-electron chi connectivity index (χ3n) is 3.85. The van der Waals surface area contributed by atoms with Crippen LogP contribution < -0.4 is 5.32 Å². The molecule has 0 aromatic heterocycles. The van der Waals surface area contributed by atoms with Crippen molar-refractivity contribution in [1.29, 1.82) is 0 Å². The van der Waals surface area contributed by atoms with Gasteiger partial charge in [0.25, 0.3) is 0 Å². The average Bonchev–Trinajstić information content (AvgIpc) is 2.98. The Balaban J connectivity index is 1.98. The highest BCUT2D eigenvalue weighted by Gasteiger charge is 2.38. The van der Waals surface area contributed by atoms with Crippen molar-refractivity contribution in [3.8, 4) is 0 Å². The second kappa shape index (κ2) is 5.58. The van der Waals surface area contributed by atoms with Gasteiger partial charge >= 0.3 is 0 Å². The minimum atomic E-state index is -3.48. The number of rotatable bonds is 3. The molecule has 1 fully saturated rings. The molecule has 0 radical (unpaired) electrons. The van der Waals surface area contributed by atoms with E-state index in [2.05, 4.69) is 5.32 Å². The molecule has 0 saturated carbocycles. The zero-order valence-electron chi connectivity index (χ0n) is 11.4. The first-order valence-corrected chi connectivity index (χ1v) is 8.41. The largest absolute Gasteiger partial charge is 0.300 e. The zero-order valence-corrected chi connectivity index (χ0v) is 12.2. The molecule has 2 aromatic carbocycles. The Morgan fingerprint density at radius 2 is 1.81 bits per heavy atom. The standard InChI is InChI=1S/C16H16FNO2S/c17-13-6-4-5-12(11-13)15-9-10-18-16(15)21(19,20)14-7-2-1-3-8-14/h1-8,11,15-16,18H,9-10H2. The molecule has 2 atom stereocenters. The summed E-state index contributed by atoms with van der Waals surface area (Å²) >= 11 is 0. The SMILES string of the molecule is O=S(=O)(c1ccccc1)C1NCCC1c1cccc(F)c1. The van der Waals surface area contributed by atoms with Crippen molar-refractivity contribution in [3.63, 3.8) is 0 Å². The highest BCUT2D eigenvalue weighted by molar-refractivity contribution is 7.92. The second-order valence-corrected chi connectivity index (χ2v) is 7.25. The lowest BCUT2D eigenvalue weighted by Crippen LogP contribution is -2.34. The maximum atomic E-state index is 13.4. The van der Waals surface area contributed by atoms with E-state index in [9.17, 15) is 12.8 Å². The summed E-state index contributed by atoms with van der Waals surface area (Å²) < 4.78 is 38.9. The molecule has 21 heavy (non-hydrogen) atoms. The molecule has 110 valence electrons. The van der Waals surface area contributed by atoms with Crippen LogP contribution in [0.2, 0.25) is 0 Å². The molecule has 0 amide bonds. The molecule has 3 rings (SSSR count). The van der Waals surface area contributed by atoms with Gasteiger partial charge in [0.15, 0.2) is 9.84 Å². The van der Waals surface area contributed by atoms with Gasteiger partial charge in [-0.3, -0.25) is 0 Å². The van der Waals surface area contributed by atoms with Crippen LogP contribution in [0.1, 0.15) is 17.9 Å². The average molecular weight is 305 g/mol. The van der Waals surface area contributed by atoms with Gasteiger partial charge in [0.1, 0.15) is 11.2 Å². The maximum absolute atomic E-state index is 13.4. The van der Waals surface area contributed by atoms with Crippen LogP contribution in [0.15, 0.2) is 59.5 Å². The number of sulfone groups is 1. The Morgan fingerprint density at radius 3 is 2.52 bits per heavy atom. The van der Waals surface area contributed by atoms with Gasteiger partial charge < -0.3 is 5.32 Å². The van der Waals surface area contributed by atoms with E-state index in [0.717, 1.165) is 5.56 Å². The summed E-state index contributed by atoms with van der Waals surface area (Å²) in [5, 5.41) is 2.35. The molecule has 1 N–H and O–H groups in total. The van der Waals surface area contributed by atoms with E-state index in [-0.39, 0.29) is 11.7 Å². The molecule has 0 spiro atoms. The molecule has 5 heteroatoms. The van der Waals surface area contributed by atoms with Gasteiger partial charge in [0.2, 0.25) is 0 Å². The Kier molecular flexibility index (Phi) is 3.78. The molecule has 1 aliphatic heterocycles. The van der Waals surface area contributed by atoms with Crippen LogP contribution in [-0.2, 0) is 9.84 Å². The van der Waals surface area contributed by atoms with E-state index in [1.54, 1.807) is 42.5 Å². The molecule has 2 aromatic rings. The van der Waals surface area contributed by atoms with Crippen LogP contribution in [0.4, 0.5) is 4.39 Å². The molecule has 1 aliphatic rings. The number of hydrogen-bond donors (Lipinski definition) is 1. The normalized spacial score (nSPS) is 22.3. The van der Waals surface area contributed by atoms with E-state index in [1.807, 2.05) is 0 Å². The monoisotopic (exact) mass is 305 g/mol. The second-order valence-electron chi connectivity index (χ2n) is 5.18. The molecular formula is C16H16FNO2S. The van der Waals surface area contributed by atoms with Crippen LogP contribution in [0.3, 0.4) is 0 Å². The number of halogens is 1. The molecule has 2 unspecified atom stereocenters. The van der Waals surface area contributed by atoms with E-state index >= 15 is 0 Å². The fourth-order valence-corrected chi connectivity index (χ4v) is 4.73. The quantitative estimate of drug-likeness (QED) is 0.948. The number of hydrogen-bond acceptors (Lipinski definition) is 3. The maximum Gasteiger partial charge on any atom is 0.194 e. The molecule has 1 saturated heterocycles. The van der Waals surface area contributed by atoms with Crippen molar-refractivity contribution in [2.45, 2.75) is 22.6 Å². The van der Waals surface area contributed by atoms with Crippen molar-refractivity contribution in [3.05, 3.63) is 66.0 Å². The van der Waals surface area contributed by atoms with Crippen molar-refractivity contribution in [2.24, 2.45) is 0 Å². The molecule has 3 nitrogen and oxygen atoms in total. The van der Waals surface area contributed by atoms with Gasteiger partial charge in [-0.25, -0.2) is 12.8 Å². The Bertz CT molecular complexity index is 731. The summed E-state index contributed by atoms with van der Waals surface area (Å²) in [5.41, 5.74) is 0.726. The number of benzene rings is 2. The summed E-state index contributed by atoms with van der Waals surface area (Å²) in [5.74, 6) is -0.568. The minimum Gasteiger partial charge on any atom is -0.300 e. The first-order chi connectivity index (χ1) is 10.1. The summed E-state index contributed by atoms with van der Waals surface area (Å²) in [6, 6.07) is 14.6. The van der Waals surface area contributed by atoms with E-state index in [1.165, 1.54) is 12.1 Å². The smallest absolute Gasteiger partial charge is 0.194 e. The fourth-order valence-electron chi connectivity index (χ4n) is 2.84. The van der Waals surface area contributed by atoms with Gasteiger partial charge in [-0.1, -0.05) is 30.3 Å². The van der Waals surface area contributed by atoms with Gasteiger partial charge in [-0.2, -0.15) is 0 Å². The third-order valence-corrected chi connectivity index (χ3v) is 5.94. The van der Waals surface area contributed by atoms with Crippen LogP contribution >= 0.6 is 0 Å². The van der Waals surface area contributed by atoms with Gasteiger partial charge in [0.05, 0.1) is 4.90 Å². The Labute approximate surface area is 123 Å². The summed E-state index contributed by atoms with van der Waals surface area (Å²) in [6.45, 7) is 0.609. The minimum absolute atomic E-state index is 0.231. The zero-order chi connectivity index (χ0) is 14.9. The number of nitrogens with one attached hydrogen (secondary N) is 1. The molecule has 0 bridgehead atoms. The fraction of sp³-hybridized carbons (Fsp3) is 0.250. The predicted molar refractivity (Wildman–Crippen MR) is 79.2 cm³/mol. The lowest BCUT2D eigenvalue weighted by molar-refractivity contribution is 0.557. The molecular weight excluding hydrogens is 289 g/mol. The van der Waals surface area contributed by atoms with Crippen LogP contribution in [-0.4, -0.2) is 20.3 Å². The van der Waals surface area contributed by atoms with Crippen molar-refractivity contribution < 1.29 is 12.8 Å². The van der Waals surface area contributed by atoms with E-state index in [4.69, 9.17) is 0 Å². The van der Waals surface area contributed by atoms with Crippen LogP contribution in [0, 0.1) is 5.82 Å². The lowest BCUT2D eigenvalue weighted by atomic mass is 9.98. The first kappa shape index (κ1) is 14.2. The van der Waals surface area contributed by atoms with Gasteiger partial charge in [-0.15, -0.1) is 0 Å². The molecule has 1 heterocycles. The summed E-state index contributed by atoms with van der Waals surface area (Å²) in [4.78, 5) is 0.297.